The first-order valence-corrected chi connectivity index (χ1v) is 9.27. The van der Waals surface area contributed by atoms with Crippen molar-refractivity contribution in [2.75, 3.05) is 0 Å². The predicted molar refractivity (Wildman–Crippen MR) is 112 cm³/mol. The number of halogens is 3. The van der Waals surface area contributed by atoms with Crippen LogP contribution in [0.15, 0.2) is 60.7 Å². The van der Waals surface area contributed by atoms with Gasteiger partial charge in [-0.25, -0.2) is 4.39 Å². The van der Waals surface area contributed by atoms with Crippen molar-refractivity contribution in [2.45, 2.75) is 13.5 Å². The summed E-state index contributed by atoms with van der Waals surface area (Å²) < 4.78 is 19.2. The molecule has 140 valence electrons. The van der Waals surface area contributed by atoms with Crippen LogP contribution in [0.4, 0.5) is 4.39 Å². The molecule has 0 unspecified atom stereocenters. The molecule has 0 saturated carbocycles. The molecule has 0 aliphatic rings. The number of aryl methyl sites for hydroxylation is 1. The van der Waals surface area contributed by atoms with Crippen LogP contribution in [0.25, 0.3) is 11.6 Å². The fourth-order valence-electron chi connectivity index (χ4n) is 2.64. The molecule has 0 bridgehead atoms. The van der Waals surface area contributed by atoms with Gasteiger partial charge in [0.2, 0.25) is 0 Å². The lowest BCUT2D eigenvalue weighted by Crippen LogP contribution is -1.97. The van der Waals surface area contributed by atoms with Crippen molar-refractivity contribution in [1.29, 1.82) is 5.26 Å². The summed E-state index contributed by atoms with van der Waals surface area (Å²) in [6.45, 7) is 2.35. The van der Waals surface area contributed by atoms with Gasteiger partial charge in [-0.3, -0.25) is 0 Å². The van der Waals surface area contributed by atoms with Crippen LogP contribution >= 0.6 is 23.2 Å². The SMILES string of the molecule is Cc1ccc(COc2c(Cl)cc(/C=C(/C#N)c3cccc(F)c3)cc2Cl)cc1. The molecule has 0 radical (unpaired) electrons. The largest absolute Gasteiger partial charge is 0.486 e. The number of hydrogen-bond acceptors (Lipinski definition) is 2. The lowest BCUT2D eigenvalue weighted by Gasteiger charge is -2.11. The van der Waals surface area contributed by atoms with E-state index in [1.54, 1.807) is 30.3 Å². The standard InChI is InChI=1S/C23H16Cl2FNO/c1-15-5-7-16(8-6-15)14-28-23-21(24)10-17(11-22(23)25)9-19(13-27)18-3-2-4-20(26)12-18/h2-12H,14H2,1H3/b19-9-. The molecule has 2 nitrogen and oxygen atoms in total. The van der Waals surface area contributed by atoms with Crippen LogP contribution in [0.2, 0.25) is 10.0 Å². The summed E-state index contributed by atoms with van der Waals surface area (Å²) in [7, 11) is 0. The van der Waals surface area contributed by atoms with E-state index in [1.807, 2.05) is 31.2 Å². The number of rotatable bonds is 5. The molecule has 0 aliphatic heterocycles. The van der Waals surface area contributed by atoms with E-state index in [1.165, 1.54) is 17.7 Å². The van der Waals surface area contributed by atoms with Gasteiger partial charge in [-0.15, -0.1) is 0 Å². The maximum atomic E-state index is 13.4. The monoisotopic (exact) mass is 411 g/mol. The van der Waals surface area contributed by atoms with Crippen molar-refractivity contribution in [1.82, 2.24) is 0 Å². The third-order valence-electron chi connectivity index (χ3n) is 4.09. The first-order valence-electron chi connectivity index (χ1n) is 8.51. The zero-order chi connectivity index (χ0) is 20.1. The van der Waals surface area contributed by atoms with Crippen molar-refractivity contribution < 1.29 is 9.13 Å². The zero-order valence-corrected chi connectivity index (χ0v) is 16.6. The Morgan fingerprint density at radius 1 is 1.07 bits per heavy atom. The van der Waals surface area contributed by atoms with Gasteiger partial charge < -0.3 is 4.74 Å². The van der Waals surface area contributed by atoms with Gasteiger partial charge in [0.25, 0.3) is 0 Å². The van der Waals surface area contributed by atoms with Crippen LogP contribution < -0.4 is 4.74 Å². The second kappa shape index (κ2) is 8.93. The maximum absolute atomic E-state index is 13.4. The van der Waals surface area contributed by atoms with Crippen molar-refractivity contribution in [3.8, 4) is 11.8 Å². The molecule has 0 aromatic heterocycles. The molecule has 0 saturated heterocycles. The Morgan fingerprint density at radius 2 is 1.75 bits per heavy atom. The lowest BCUT2D eigenvalue weighted by molar-refractivity contribution is 0.306. The van der Waals surface area contributed by atoms with Gasteiger partial charge in [0.05, 0.1) is 21.7 Å². The molecule has 0 heterocycles. The van der Waals surface area contributed by atoms with Crippen LogP contribution in [0.5, 0.6) is 5.75 Å². The molecule has 0 aliphatic carbocycles. The van der Waals surface area contributed by atoms with E-state index in [-0.39, 0.29) is 0 Å². The van der Waals surface area contributed by atoms with E-state index in [4.69, 9.17) is 27.9 Å². The molecular formula is C23H16Cl2FNO. The Bertz CT molecular complexity index is 1050. The van der Waals surface area contributed by atoms with Crippen molar-refractivity contribution in [2.24, 2.45) is 0 Å². The first kappa shape index (κ1) is 19.9. The van der Waals surface area contributed by atoms with Gasteiger partial charge in [0.1, 0.15) is 12.4 Å². The highest BCUT2D eigenvalue weighted by molar-refractivity contribution is 6.37. The van der Waals surface area contributed by atoms with Crippen molar-refractivity contribution >= 4 is 34.9 Å². The molecule has 28 heavy (non-hydrogen) atoms. The number of allylic oxidation sites excluding steroid dienone is 1. The van der Waals surface area contributed by atoms with Crippen LogP contribution in [0.3, 0.4) is 0 Å². The minimum atomic E-state index is -0.408. The van der Waals surface area contributed by atoms with E-state index >= 15 is 0 Å². The summed E-state index contributed by atoms with van der Waals surface area (Å²) in [6.07, 6.45) is 1.61. The topological polar surface area (TPSA) is 33.0 Å². The minimum absolute atomic E-state index is 0.306. The van der Waals surface area contributed by atoms with Gasteiger partial charge in [0.15, 0.2) is 5.75 Å². The first-order chi connectivity index (χ1) is 13.5. The third kappa shape index (κ3) is 4.92. The molecule has 0 atom stereocenters. The molecule has 3 aromatic carbocycles. The summed E-state index contributed by atoms with van der Waals surface area (Å²) >= 11 is 12.7. The van der Waals surface area contributed by atoms with E-state index in [9.17, 15) is 9.65 Å². The number of ether oxygens (including phenoxy) is 1. The van der Waals surface area contributed by atoms with E-state index in [0.29, 0.717) is 39.1 Å². The van der Waals surface area contributed by atoms with Crippen LogP contribution in [-0.4, -0.2) is 0 Å². The van der Waals surface area contributed by atoms with Gasteiger partial charge >= 0.3 is 0 Å². The zero-order valence-electron chi connectivity index (χ0n) is 15.0. The molecular weight excluding hydrogens is 396 g/mol. The molecule has 0 spiro atoms. The molecule has 0 amide bonds. The highest BCUT2D eigenvalue weighted by Gasteiger charge is 2.11. The molecule has 0 fully saturated rings. The number of nitrogens with zero attached hydrogens (tertiary/aromatic N) is 1. The average molecular weight is 412 g/mol. The lowest BCUT2D eigenvalue weighted by atomic mass is 10.0. The second-order valence-corrected chi connectivity index (χ2v) is 7.08. The summed E-state index contributed by atoms with van der Waals surface area (Å²) in [6, 6.07) is 19.2. The van der Waals surface area contributed by atoms with Crippen molar-refractivity contribution in [3.63, 3.8) is 0 Å². The van der Waals surface area contributed by atoms with Gasteiger partial charge in [-0.05, 0) is 54.0 Å². The summed E-state index contributed by atoms with van der Waals surface area (Å²) in [4.78, 5) is 0. The normalized spacial score (nSPS) is 11.2. The fourth-order valence-corrected chi connectivity index (χ4v) is 3.26. The predicted octanol–water partition coefficient (Wildman–Crippen LogP) is 7.08. The quantitative estimate of drug-likeness (QED) is 0.331. The van der Waals surface area contributed by atoms with Gasteiger partial charge in [-0.2, -0.15) is 5.26 Å². The average Bonchev–Trinajstić information content (AvgIpc) is 2.67. The number of benzene rings is 3. The van der Waals surface area contributed by atoms with Crippen LogP contribution in [0.1, 0.15) is 22.3 Å². The Morgan fingerprint density at radius 3 is 2.36 bits per heavy atom. The summed E-state index contributed by atoms with van der Waals surface area (Å²) in [5.41, 5.74) is 3.58. The van der Waals surface area contributed by atoms with Gasteiger partial charge in [-0.1, -0.05) is 65.2 Å². The second-order valence-electron chi connectivity index (χ2n) is 6.27. The fraction of sp³-hybridized carbons (Fsp3) is 0.0870. The van der Waals surface area contributed by atoms with Crippen LogP contribution in [-0.2, 0) is 6.61 Å². The Labute approximate surface area is 173 Å². The van der Waals surface area contributed by atoms with E-state index < -0.39 is 5.82 Å². The molecule has 3 aromatic rings. The third-order valence-corrected chi connectivity index (χ3v) is 4.65. The smallest absolute Gasteiger partial charge is 0.157 e. The van der Waals surface area contributed by atoms with Gasteiger partial charge in [0, 0.05) is 0 Å². The Kier molecular flexibility index (Phi) is 6.36. The number of hydrogen-bond donors (Lipinski definition) is 0. The molecule has 3 rings (SSSR count). The molecule has 0 N–H and O–H groups in total. The Hall–Kier alpha value is -2.80. The number of nitriles is 1. The van der Waals surface area contributed by atoms with E-state index in [2.05, 4.69) is 6.07 Å². The minimum Gasteiger partial charge on any atom is -0.486 e. The highest BCUT2D eigenvalue weighted by atomic mass is 35.5. The van der Waals surface area contributed by atoms with Crippen molar-refractivity contribution in [3.05, 3.63) is 98.8 Å². The molecule has 5 heteroatoms. The Balaban J connectivity index is 1.84. The summed E-state index contributed by atoms with van der Waals surface area (Å²) in [5, 5.41) is 10.1. The van der Waals surface area contributed by atoms with E-state index in [0.717, 1.165) is 5.56 Å². The summed E-state index contributed by atoms with van der Waals surface area (Å²) in [5.74, 6) is -0.0279. The van der Waals surface area contributed by atoms with Crippen LogP contribution in [0, 0.1) is 24.1 Å². The maximum Gasteiger partial charge on any atom is 0.157 e. The highest BCUT2D eigenvalue weighted by Crippen LogP contribution is 2.36.